The van der Waals surface area contributed by atoms with Gasteiger partial charge in [-0.3, -0.25) is 9.52 Å². The highest BCUT2D eigenvalue weighted by molar-refractivity contribution is 7.93. The van der Waals surface area contributed by atoms with Crippen LogP contribution in [0.15, 0.2) is 23.1 Å². The number of primary amides is 1. The Kier molecular flexibility index (Phi) is 4.31. The molecule has 0 aliphatic heterocycles. The average molecular weight is 366 g/mol. The second-order valence-corrected chi connectivity index (χ2v) is 8.75. The quantitative estimate of drug-likeness (QED) is 0.839. The summed E-state index contributed by atoms with van der Waals surface area (Å²) in [6.07, 6.45) is 1.26. The van der Waals surface area contributed by atoms with Crippen LogP contribution in [0.2, 0.25) is 0 Å². The van der Waals surface area contributed by atoms with Gasteiger partial charge in [-0.05, 0) is 36.1 Å². The number of anilines is 1. The Bertz CT molecular complexity index is 890. The first kappa shape index (κ1) is 16.8. The van der Waals surface area contributed by atoms with Gasteiger partial charge in [0.15, 0.2) is 0 Å². The van der Waals surface area contributed by atoms with E-state index in [0.717, 1.165) is 16.1 Å². The number of carbonyl (C=O) groups excluding carboxylic acids is 1. The van der Waals surface area contributed by atoms with Crippen LogP contribution in [0, 0.1) is 0 Å². The first-order valence-electron chi connectivity index (χ1n) is 7.56. The summed E-state index contributed by atoms with van der Waals surface area (Å²) in [6.45, 7) is 3.93. The normalized spacial score (nSPS) is 17.0. The fourth-order valence-electron chi connectivity index (χ4n) is 2.74. The third-order valence-corrected chi connectivity index (χ3v) is 6.61. The minimum absolute atomic E-state index is 0.146. The van der Waals surface area contributed by atoms with Gasteiger partial charge in [0.25, 0.3) is 10.0 Å². The number of nitrogens with one attached hydrogen (secondary N) is 1. The molecule has 1 heterocycles. The average Bonchev–Trinajstić information content (AvgIpc) is 3.12. The van der Waals surface area contributed by atoms with Gasteiger partial charge in [0.1, 0.15) is 5.01 Å². The SMILES string of the molecule is CC(C)c1nnc(NS(=O)(=O)c2ccc3c(c2)CCC3C(N)=O)s1. The number of rotatable bonds is 5. The van der Waals surface area contributed by atoms with Crippen LogP contribution < -0.4 is 10.5 Å². The highest BCUT2D eigenvalue weighted by Crippen LogP contribution is 2.34. The molecule has 1 aliphatic rings. The Morgan fingerprint density at radius 2 is 2.12 bits per heavy atom. The van der Waals surface area contributed by atoms with Gasteiger partial charge in [0, 0.05) is 5.92 Å². The number of hydrogen-bond acceptors (Lipinski definition) is 6. The number of aryl methyl sites for hydroxylation is 1. The van der Waals surface area contributed by atoms with E-state index in [2.05, 4.69) is 14.9 Å². The van der Waals surface area contributed by atoms with E-state index in [1.807, 2.05) is 13.8 Å². The zero-order valence-corrected chi connectivity index (χ0v) is 14.9. The first-order valence-corrected chi connectivity index (χ1v) is 9.86. The van der Waals surface area contributed by atoms with Crippen LogP contribution >= 0.6 is 11.3 Å². The van der Waals surface area contributed by atoms with Gasteiger partial charge in [-0.1, -0.05) is 31.3 Å². The molecule has 0 saturated carbocycles. The first-order chi connectivity index (χ1) is 11.3. The molecular weight excluding hydrogens is 348 g/mol. The van der Waals surface area contributed by atoms with Crippen LogP contribution in [-0.2, 0) is 21.2 Å². The third-order valence-electron chi connectivity index (χ3n) is 4.00. The maximum Gasteiger partial charge on any atom is 0.263 e. The van der Waals surface area contributed by atoms with Crippen molar-refractivity contribution in [2.45, 2.75) is 43.4 Å². The molecule has 3 N–H and O–H groups in total. The molecule has 3 rings (SSSR count). The van der Waals surface area contributed by atoms with Crippen molar-refractivity contribution in [3.63, 3.8) is 0 Å². The minimum Gasteiger partial charge on any atom is -0.369 e. The molecule has 1 amide bonds. The molecule has 0 radical (unpaired) electrons. The molecule has 9 heteroatoms. The summed E-state index contributed by atoms with van der Waals surface area (Å²) in [6, 6.07) is 4.77. The van der Waals surface area contributed by atoms with E-state index in [1.165, 1.54) is 17.4 Å². The van der Waals surface area contributed by atoms with E-state index in [-0.39, 0.29) is 27.8 Å². The standard InChI is InChI=1S/C15H18N4O3S2/c1-8(2)14-17-18-15(23-14)19-24(21,22)10-4-6-11-9(7-10)3-5-12(11)13(16)20/h4,6-8,12H,3,5H2,1-2H3,(H2,16,20)(H,18,19). The highest BCUT2D eigenvalue weighted by atomic mass is 32.2. The van der Waals surface area contributed by atoms with Gasteiger partial charge in [-0.15, -0.1) is 10.2 Å². The van der Waals surface area contributed by atoms with Crippen molar-refractivity contribution in [2.24, 2.45) is 5.73 Å². The second-order valence-electron chi connectivity index (χ2n) is 6.06. The number of nitrogens with two attached hydrogens (primary N) is 1. The van der Waals surface area contributed by atoms with Crippen molar-refractivity contribution < 1.29 is 13.2 Å². The number of aromatic nitrogens is 2. The summed E-state index contributed by atoms with van der Waals surface area (Å²) in [7, 11) is -3.74. The molecule has 2 aromatic rings. The number of sulfonamides is 1. The second kappa shape index (κ2) is 6.14. The number of carbonyl (C=O) groups is 1. The molecule has 0 saturated heterocycles. The molecule has 0 spiro atoms. The van der Waals surface area contributed by atoms with Gasteiger partial charge >= 0.3 is 0 Å². The van der Waals surface area contributed by atoms with Crippen LogP contribution in [0.4, 0.5) is 5.13 Å². The molecule has 128 valence electrons. The van der Waals surface area contributed by atoms with Gasteiger partial charge < -0.3 is 5.73 Å². The molecule has 1 unspecified atom stereocenters. The van der Waals surface area contributed by atoms with Gasteiger partial charge in [-0.2, -0.15) is 0 Å². The van der Waals surface area contributed by atoms with Crippen molar-refractivity contribution in [1.29, 1.82) is 0 Å². The lowest BCUT2D eigenvalue weighted by atomic mass is 10.0. The van der Waals surface area contributed by atoms with Gasteiger partial charge in [0.05, 0.1) is 10.8 Å². The molecule has 1 aromatic carbocycles. The van der Waals surface area contributed by atoms with E-state index < -0.39 is 10.0 Å². The van der Waals surface area contributed by atoms with Crippen molar-refractivity contribution >= 4 is 32.4 Å². The van der Waals surface area contributed by atoms with E-state index >= 15 is 0 Å². The van der Waals surface area contributed by atoms with Gasteiger partial charge in [0.2, 0.25) is 11.0 Å². The number of benzene rings is 1. The highest BCUT2D eigenvalue weighted by Gasteiger charge is 2.28. The Morgan fingerprint density at radius 3 is 2.75 bits per heavy atom. The molecule has 0 fully saturated rings. The topological polar surface area (TPSA) is 115 Å². The van der Waals surface area contributed by atoms with Crippen LogP contribution in [0.5, 0.6) is 0 Å². The molecule has 1 aromatic heterocycles. The van der Waals surface area contributed by atoms with E-state index in [9.17, 15) is 13.2 Å². The van der Waals surface area contributed by atoms with Crippen molar-refractivity contribution in [1.82, 2.24) is 10.2 Å². The van der Waals surface area contributed by atoms with Crippen LogP contribution in [0.1, 0.15) is 48.2 Å². The number of amides is 1. The molecule has 0 bridgehead atoms. The molecular formula is C15H18N4O3S2. The smallest absolute Gasteiger partial charge is 0.263 e. The summed E-state index contributed by atoms with van der Waals surface area (Å²) in [5, 5.41) is 8.86. The van der Waals surface area contributed by atoms with Gasteiger partial charge in [-0.25, -0.2) is 8.42 Å². The molecule has 7 nitrogen and oxygen atoms in total. The van der Waals surface area contributed by atoms with Crippen LogP contribution in [0.25, 0.3) is 0 Å². The number of fused-ring (bicyclic) bond motifs is 1. The van der Waals surface area contributed by atoms with Crippen LogP contribution in [0.3, 0.4) is 0 Å². The largest absolute Gasteiger partial charge is 0.369 e. The zero-order valence-electron chi connectivity index (χ0n) is 13.3. The number of hydrogen-bond donors (Lipinski definition) is 2. The maximum atomic E-state index is 12.5. The lowest BCUT2D eigenvalue weighted by molar-refractivity contribution is -0.119. The summed E-state index contributed by atoms with van der Waals surface area (Å²) < 4.78 is 27.5. The Balaban J connectivity index is 1.86. The Labute approximate surface area is 144 Å². The fraction of sp³-hybridized carbons (Fsp3) is 0.400. The van der Waals surface area contributed by atoms with Crippen molar-refractivity contribution in [3.8, 4) is 0 Å². The molecule has 24 heavy (non-hydrogen) atoms. The summed E-state index contributed by atoms with van der Waals surface area (Å²) in [5.41, 5.74) is 7.05. The van der Waals surface area contributed by atoms with Crippen LogP contribution in [-0.4, -0.2) is 24.5 Å². The third kappa shape index (κ3) is 3.13. The van der Waals surface area contributed by atoms with E-state index in [0.29, 0.717) is 12.8 Å². The summed E-state index contributed by atoms with van der Waals surface area (Å²) in [4.78, 5) is 11.6. The van der Waals surface area contributed by atoms with E-state index in [1.54, 1.807) is 12.1 Å². The lowest BCUT2D eigenvalue weighted by Gasteiger charge is -2.09. The summed E-state index contributed by atoms with van der Waals surface area (Å²) >= 11 is 1.22. The summed E-state index contributed by atoms with van der Waals surface area (Å²) in [5.74, 6) is -0.523. The Morgan fingerprint density at radius 1 is 1.38 bits per heavy atom. The van der Waals surface area contributed by atoms with E-state index in [4.69, 9.17) is 5.73 Å². The monoisotopic (exact) mass is 366 g/mol. The molecule has 1 atom stereocenters. The zero-order chi connectivity index (χ0) is 17.5. The predicted octanol–water partition coefficient (Wildman–Crippen LogP) is 1.98. The number of nitrogens with zero attached hydrogens (tertiary/aromatic N) is 2. The lowest BCUT2D eigenvalue weighted by Crippen LogP contribution is -2.19. The molecule has 1 aliphatic carbocycles. The predicted molar refractivity (Wildman–Crippen MR) is 91.5 cm³/mol. The Hall–Kier alpha value is -2.00. The van der Waals surface area contributed by atoms with Crippen molar-refractivity contribution in [3.05, 3.63) is 34.3 Å². The maximum absolute atomic E-state index is 12.5. The minimum atomic E-state index is -3.74. The van der Waals surface area contributed by atoms with Crippen molar-refractivity contribution in [2.75, 3.05) is 4.72 Å². The fourth-order valence-corrected chi connectivity index (χ4v) is 4.77.